The van der Waals surface area contributed by atoms with Crippen molar-refractivity contribution in [3.05, 3.63) is 51.0 Å². The number of rotatable bonds is 3. The molecule has 0 aliphatic carbocycles. The van der Waals surface area contributed by atoms with Gasteiger partial charge in [-0.2, -0.15) is 13.2 Å². The van der Waals surface area contributed by atoms with Gasteiger partial charge in [-0.1, -0.05) is 0 Å². The normalized spacial score (nSPS) is 16.1. The second-order valence-electron chi connectivity index (χ2n) is 6.39. The fraction of sp³-hybridized carbons (Fsp3) is 0.444. The molecule has 26 heavy (non-hydrogen) atoms. The van der Waals surface area contributed by atoms with E-state index in [1.165, 1.54) is 17.0 Å². The minimum absolute atomic E-state index is 0.223. The Morgan fingerprint density at radius 1 is 1.12 bits per heavy atom. The van der Waals surface area contributed by atoms with Gasteiger partial charge in [0.25, 0.3) is 5.91 Å². The van der Waals surface area contributed by atoms with Crippen molar-refractivity contribution in [3.63, 3.8) is 0 Å². The van der Waals surface area contributed by atoms with E-state index in [1.807, 2.05) is 6.92 Å². The van der Waals surface area contributed by atoms with E-state index in [4.69, 9.17) is 0 Å². The number of amides is 1. The molecule has 1 fully saturated rings. The molecule has 0 atom stereocenters. The van der Waals surface area contributed by atoms with Crippen LogP contribution in [0.25, 0.3) is 0 Å². The molecule has 0 radical (unpaired) electrons. The topological polar surface area (TPSA) is 36.4 Å². The lowest BCUT2D eigenvalue weighted by atomic mass is 10.1. The number of hydrogen-bond acceptors (Lipinski definition) is 4. The summed E-state index contributed by atoms with van der Waals surface area (Å²) in [6, 6.07) is 4.41. The van der Waals surface area contributed by atoms with E-state index in [-0.39, 0.29) is 11.5 Å². The van der Waals surface area contributed by atoms with E-state index in [1.54, 1.807) is 16.2 Å². The molecule has 2 aromatic rings. The Morgan fingerprint density at radius 2 is 1.73 bits per heavy atom. The Kier molecular flexibility index (Phi) is 5.34. The third-order valence-corrected chi connectivity index (χ3v) is 5.61. The van der Waals surface area contributed by atoms with Crippen LogP contribution in [0.2, 0.25) is 0 Å². The molecule has 0 N–H and O–H groups in total. The summed E-state index contributed by atoms with van der Waals surface area (Å²) in [5, 5.41) is 1.07. The molecular weight excluding hydrogens is 363 g/mol. The number of nitrogens with zero attached hydrogens (tertiary/aromatic N) is 3. The molecule has 4 nitrogen and oxygen atoms in total. The highest BCUT2D eigenvalue weighted by molar-refractivity contribution is 7.11. The Bertz CT molecular complexity index is 758. The van der Waals surface area contributed by atoms with Gasteiger partial charge in [-0.05, 0) is 38.1 Å². The smallest absolute Gasteiger partial charge is 0.336 e. The van der Waals surface area contributed by atoms with Crippen LogP contribution in [0.4, 0.5) is 13.2 Å². The lowest BCUT2D eigenvalue weighted by Gasteiger charge is -2.34. The number of hydrogen-bond donors (Lipinski definition) is 0. The molecule has 0 saturated carbocycles. The van der Waals surface area contributed by atoms with E-state index >= 15 is 0 Å². The summed E-state index contributed by atoms with van der Waals surface area (Å²) in [4.78, 5) is 22.2. The number of aryl methyl sites for hydroxylation is 2. The van der Waals surface area contributed by atoms with Crippen LogP contribution in [-0.4, -0.2) is 46.9 Å². The quantitative estimate of drug-likeness (QED) is 0.810. The second-order valence-corrected chi connectivity index (χ2v) is 7.68. The predicted molar refractivity (Wildman–Crippen MR) is 94.2 cm³/mol. The van der Waals surface area contributed by atoms with Crippen molar-refractivity contribution in [1.82, 2.24) is 14.8 Å². The monoisotopic (exact) mass is 383 g/mol. The summed E-state index contributed by atoms with van der Waals surface area (Å²) < 4.78 is 37.9. The summed E-state index contributed by atoms with van der Waals surface area (Å²) in [5.74, 6) is -0.223. The van der Waals surface area contributed by atoms with Crippen LogP contribution >= 0.6 is 11.3 Å². The van der Waals surface area contributed by atoms with Gasteiger partial charge in [-0.25, -0.2) is 4.98 Å². The first-order valence-corrected chi connectivity index (χ1v) is 9.17. The van der Waals surface area contributed by atoms with Gasteiger partial charge in [-0.3, -0.25) is 9.69 Å². The zero-order valence-corrected chi connectivity index (χ0v) is 15.5. The van der Waals surface area contributed by atoms with Crippen molar-refractivity contribution >= 4 is 17.2 Å². The number of halogens is 3. The zero-order valence-electron chi connectivity index (χ0n) is 14.6. The maximum absolute atomic E-state index is 12.6. The minimum atomic E-state index is -4.39. The zero-order chi connectivity index (χ0) is 18.9. The maximum atomic E-state index is 12.6. The van der Waals surface area contributed by atoms with Gasteiger partial charge in [-0.15, -0.1) is 11.3 Å². The van der Waals surface area contributed by atoms with Crippen LogP contribution in [0.15, 0.2) is 24.3 Å². The van der Waals surface area contributed by atoms with Gasteiger partial charge < -0.3 is 4.90 Å². The fourth-order valence-electron chi connectivity index (χ4n) is 2.89. The van der Waals surface area contributed by atoms with Crippen LogP contribution in [0.3, 0.4) is 0 Å². The van der Waals surface area contributed by atoms with Crippen LogP contribution in [0.5, 0.6) is 0 Å². The van der Waals surface area contributed by atoms with Crippen molar-refractivity contribution in [1.29, 1.82) is 0 Å². The third-order valence-electron chi connectivity index (χ3n) is 4.55. The largest absolute Gasteiger partial charge is 0.416 e. The van der Waals surface area contributed by atoms with Crippen LogP contribution in [-0.2, 0) is 12.7 Å². The first-order valence-electron chi connectivity index (χ1n) is 8.36. The molecule has 1 aromatic carbocycles. The van der Waals surface area contributed by atoms with Crippen molar-refractivity contribution in [3.8, 4) is 0 Å². The number of piperazine rings is 1. The average Bonchev–Trinajstić information content (AvgIpc) is 2.92. The molecule has 0 unspecified atom stereocenters. The number of benzene rings is 1. The molecule has 0 bridgehead atoms. The maximum Gasteiger partial charge on any atom is 0.416 e. The van der Waals surface area contributed by atoms with Crippen molar-refractivity contribution < 1.29 is 18.0 Å². The van der Waals surface area contributed by atoms with Crippen molar-refractivity contribution in [2.75, 3.05) is 26.2 Å². The Hall–Kier alpha value is -1.93. The number of carbonyl (C=O) groups excluding carboxylic acids is 1. The van der Waals surface area contributed by atoms with Crippen molar-refractivity contribution in [2.45, 2.75) is 26.6 Å². The van der Waals surface area contributed by atoms with Crippen LogP contribution in [0, 0.1) is 13.8 Å². The second kappa shape index (κ2) is 7.36. The van der Waals surface area contributed by atoms with Gasteiger partial charge in [0, 0.05) is 36.6 Å². The molecule has 0 spiro atoms. The molecular formula is C18H20F3N3OS. The van der Waals surface area contributed by atoms with E-state index in [9.17, 15) is 18.0 Å². The van der Waals surface area contributed by atoms with E-state index in [0.717, 1.165) is 42.5 Å². The Morgan fingerprint density at radius 3 is 2.23 bits per heavy atom. The summed E-state index contributed by atoms with van der Waals surface area (Å²) in [5.41, 5.74) is 0.603. The summed E-state index contributed by atoms with van der Waals surface area (Å²) in [6.07, 6.45) is -4.39. The number of alkyl halides is 3. The van der Waals surface area contributed by atoms with E-state index in [2.05, 4.69) is 16.8 Å². The Balaban J connectivity index is 1.56. The van der Waals surface area contributed by atoms with Gasteiger partial charge in [0.05, 0.1) is 17.8 Å². The van der Waals surface area contributed by atoms with Gasteiger partial charge >= 0.3 is 6.18 Å². The lowest BCUT2D eigenvalue weighted by molar-refractivity contribution is -0.137. The summed E-state index contributed by atoms with van der Waals surface area (Å²) >= 11 is 1.69. The highest BCUT2D eigenvalue weighted by Crippen LogP contribution is 2.29. The molecule has 2 heterocycles. The summed E-state index contributed by atoms with van der Waals surface area (Å²) in [7, 11) is 0. The lowest BCUT2D eigenvalue weighted by Crippen LogP contribution is -2.48. The first-order chi connectivity index (χ1) is 12.2. The standard InChI is InChI=1S/C18H20F3N3OS/c1-12-13(2)26-16(22-12)11-23-7-9-24(10-8-23)17(25)14-3-5-15(6-4-14)18(19,20)21/h3-6H,7-11H2,1-2H3. The minimum Gasteiger partial charge on any atom is -0.336 e. The van der Waals surface area contributed by atoms with E-state index < -0.39 is 11.7 Å². The van der Waals surface area contributed by atoms with Gasteiger partial charge in [0.1, 0.15) is 5.01 Å². The third kappa shape index (κ3) is 4.24. The van der Waals surface area contributed by atoms with E-state index in [0.29, 0.717) is 13.1 Å². The molecule has 1 saturated heterocycles. The molecule has 3 rings (SSSR count). The molecule has 1 aliphatic heterocycles. The Labute approximate surface area is 154 Å². The highest BCUT2D eigenvalue weighted by Gasteiger charge is 2.30. The van der Waals surface area contributed by atoms with Gasteiger partial charge in [0.2, 0.25) is 0 Å². The number of aromatic nitrogens is 1. The molecule has 8 heteroatoms. The first kappa shape index (κ1) is 18.8. The van der Waals surface area contributed by atoms with Crippen LogP contribution in [0.1, 0.15) is 31.5 Å². The van der Waals surface area contributed by atoms with Crippen molar-refractivity contribution in [2.24, 2.45) is 0 Å². The number of thiazole rings is 1. The SMILES string of the molecule is Cc1nc(CN2CCN(C(=O)c3ccc(C(F)(F)F)cc3)CC2)sc1C. The summed E-state index contributed by atoms with van der Waals surface area (Å²) in [6.45, 7) is 7.38. The van der Waals surface area contributed by atoms with Gasteiger partial charge in [0.15, 0.2) is 0 Å². The molecule has 1 amide bonds. The molecule has 1 aliphatic rings. The predicted octanol–water partition coefficient (Wildman–Crippen LogP) is 3.74. The fourth-order valence-corrected chi connectivity index (χ4v) is 3.87. The highest BCUT2D eigenvalue weighted by atomic mass is 32.1. The molecule has 1 aromatic heterocycles. The average molecular weight is 383 g/mol. The number of carbonyl (C=O) groups is 1. The molecule has 140 valence electrons. The van der Waals surface area contributed by atoms with Crippen LogP contribution < -0.4 is 0 Å².